The highest BCUT2D eigenvalue weighted by molar-refractivity contribution is 6.30. The molecule has 0 saturated heterocycles. The Morgan fingerprint density at radius 1 is 1.32 bits per heavy atom. The Morgan fingerprint density at radius 2 is 2.00 bits per heavy atom. The normalized spacial score (nSPS) is 11.8. The zero-order valence-corrected chi connectivity index (χ0v) is 12.4. The number of carboxylic acids is 1. The van der Waals surface area contributed by atoms with Gasteiger partial charge in [-0.3, -0.25) is 4.99 Å². The average molecular weight is 317 g/mol. The topological polar surface area (TPSA) is 101 Å². The van der Waals surface area contributed by atoms with Crippen molar-refractivity contribution in [1.82, 2.24) is 9.97 Å². The molecule has 0 radical (unpaired) electrons. The van der Waals surface area contributed by atoms with E-state index in [2.05, 4.69) is 15.0 Å². The molecule has 0 spiro atoms. The second-order valence-electron chi connectivity index (χ2n) is 4.27. The van der Waals surface area contributed by atoms with E-state index in [0.717, 1.165) is 5.56 Å². The van der Waals surface area contributed by atoms with Crippen LogP contribution in [-0.2, 0) is 0 Å². The summed E-state index contributed by atoms with van der Waals surface area (Å²) >= 11 is 5.85. The lowest BCUT2D eigenvalue weighted by molar-refractivity contribution is 0.0689. The van der Waals surface area contributed by atoms with Crippen molar-refractivity contribution in [1.29, 1.82) is 0 Å². The van der Waals surface area contributed by atoms with Crippen LogP contribution < -0.4 is 5.73 Å². The lowest BCUT2D eigenvalue weighted by Gasteiger charge is -2.08. The third kappa shape index (κ3) is 3.29. The van der Waals surface area contributed by atoms with Crippen molar-refractivity contribution in [2.45, 2.75) is 0 Å². The van der Waals surface area contributed by atoms with Crippen LogP contribution in [0.25, 0.3) is 16.8 Å². The summed E-state index contributed by atoms with van der Waals surface area (Å²) < 4.78 is 0. The number of aromatic nitrogens is 2. The van der Waals surface area contributed by atoms with Crippen LogP contribution in [-0.4, -0.2) is 34.3 Å². The minimum absolute atomic E-state index is 0.160. The number of benzene rings is 1. The van der Waals surface area contributed by atoms with Gasteiger partial charge >= 0.3 is 5.97 Å². The summed E-state index contributed by atoms with van der Waals surface area (Å²) in [5.41, 5.74) is 7.17. The van der Waals surface area contributed by atoms with Gasteiger partial charge in [-0.2, -0.15) is 0 Å². The third-order valence-electron chi connectivity index (χ3n) is 2.84. The molecule has 112 valence electrons. The van der Waals surface area contributed by atoms with E-state index in [9.17, 15) is 9.90 Å². The fraction of sp³-hybridized carbons (Fsp3) is 0.0667. The molecular weight excluding hydrogens is 304 g/mol. The number of nitrogens with two attached hydrogens (primary N) is 1. The van der Waals surface area contributed by atoms with Crippen LogP contribution in [0.4, 0.5) is 0 Å². The molecule has 22 heavy (non-hydrogen) atoms. The fourth-order valence-corrected chi connectivity index (χ4v) is 1.95. The first-order valence-electron chi connectivity index (χ1n) is 6.27. The SMILES string of the molecule is CN=CC(=CN)c1nc(-c2ccc(Cl)cc2)cnc1C(=O)O. The zero-order valence-electron chi connectivity index (χ0n) is 11.7. The number of halogens is 1. The molecule has 1 aromatic carbocycles. The van der Waals surface area contributed by atoms with E-state index in [4.69, 9.17) is 17.3 Å². The summed E-state index contributed by atoms with van der Waals surface area (Å²) in [5, 5.41) is 9.84. The molecule has 0 aliphatic rings. The van der Waals surface area contributed by atoms with Gasteiger partial charge in [-0.05, 0) is 12.1 Å². The molecule has 0 unspecified atom stereocenters. The molecule has 0 aliphatic carbocycles. The Balaban J connectivity index is 2.61. The smallest absolute Gasteiger partial charge is 0.356 e. The van der Waals surface area contributed by atoms with Gasteiger partial charge in [-0.25, -0.2) is 14.8 Å². The molecule has 0 bridgehead atoms. The van der Waals surface area contributed by atoms with Gasteiger partial charge in [0.1, 0.15) is 5.69 Å². The molecule has 3 N–H and O–H groups in total. The first kappa shape index (κ1) is 15.7. The summed E-state index contributed by atoms with van der Waals surface area (Å²) in [7, 11) is 1.56. The van der Waals surface area contributed by atoms with Gasteiger partial charge in [0.15, 0.2) is 5.69 Å². The van der Waals surface area contributed by atoms with Gasteiger partial charge in [-0.1, -0.05) is 23.7 Å². The molecule has 2 aromatic rings. The van der Waals surface area contributed by atoms with E-state index in [1.807, 2.05) is 0 Å². The predicted molar refractivity (Wildman–Crippen MR) is 86.0 cm³/mol. The van der Waals surface area contributed by atoms with Crippen LogP contribution in [0.2, 0.25) is 5.02 Å². The first-order chi connectivity index (χ1) is 10.6. The second kappa shape index (κ2) is 6.82. The summed E-state index contributed by atoms with van der Waals surface area (Å²) in [6.07, 6.45) is 4.07. The molecule has 2 rings (SSSR count). The number of hydrogen-bond acceptors (Lipinski definition) is 5. The monoisotopic (exact) mass is 316 g/mol. The molecular formula is C15H13ClN4O2. The number of allylic oxidation sites excluding steroid dienone is 1. The fourth-order valence-electron chi connectivity index (χ4n) is 1.83. The number of hydrogen-bond donors (Lipinski definition) is 2. The van der Waals surface area contributed by atoms with Crippen LogP contribution in [0, 0.1) is 0 Å². The Hall–Kier alpha value is -2.73. The van der Waals surface area contributed by atoms with Crippen LogP contribution in [0.1, 0.15) is 16.2 Å². The van der Waals surface area contributed by atoms with Crippen molar-refractivity contribution < 1.29 is 9.90 Å². The van der Waals surface area contributed by atoms with Crippen LogP contribution >= 0.6 is 11.6 Å². The number of aromatic carboxylic acids is 1. The number of nitrogens with zero attached hydrogens (tertiary/aromatic N) is 3. The van der Waals surface area contributed by atoms with Gasteiger partial charge in [-0.15, -0.1) is 0 Å². The quantitative estimate of drug-likeness (QED) is 0.844. The molecule has 0 aliphatic heterocycles. The Kier molecular flexibility index (Phi) is 4.85. The maximum Gasteiger partial charge on any atom is 0.356 e. The molecule has 0 atom stereocenters. The van der Waals surface area contributed by atoms with Gasteiger partial charge in [0.2, 0.25) is 0 Å². The van der Waals surface area contributed by atoms with E-state index in [-0.39, 0.29) is 11.4 Å². The molecule has 6 nitrogen and oxygen atoms in total. The first-order valence-corrected chi connectivity index (χ1v) is 6.65. The summed E-state index contributed by atoms with van der Waals surface area (Å²) in [6, 6.07) is 6.99. The van der Waals surface area contributed by atoms with Gasteiger partial charge in [0.05, 0.1) is 11.9 Å². The van der Waals surface area contributed by atoms with Crippen LogP contribution in [0.15, 0.2) is 41.7 Å². The van der Waals surface area contributed by atoms with E-state index >= 15 is 0 Å². The van der Waals surface area contributed by atoms with Crippen molar-refractivity contribution in [2.75, 3.05) is 7.05 Å². The van der Waals surface area contributed by atoms with Crippen LogP contribution in [0.3, 0.4) is 0 Å². The lowest BCUT2D eigenvalue weighted by atomic mass is 10.1. The third-order valence-corrected chi connectivity index (χ3v) is 3.09. The molecule has 0 saturated carbocycles. The highest BCUT2D eigenvalue weighted by Crippen LogP contribution is 2.22. The van der Waals surface area contributed by atoms with Gasteiger partial charge in [0, 0.05) is 35.6 Å². The maximum atomic E-state index is 11.3. The number of carboxylic acid groups (broad SMARTS) is 1. The van der Waals surface area contributed by atoms with Crippen molar-refractivity contribution in [3.05, 3.63) is 53.1 Å². The Morgan fingerprint density at radius 3 is 2.55 bits per heavy atom. The zero-order chi connectivity index (χ0) is 16.1. The molecule has 1 aromatic heterocycles. The highest BCUT2D eigenvalue weighted by Gasteiger charge is 2.17. The lowest BCUT2D eigenvalue weighted by Crippen LogP contribution is -2.10. The summed E-state index contributed by atoms with van der Waals surface area (Å²) in [6.45, 7) is 0. The van der Waals surface area contributed by atoms with E-state index in [1.165, 1.54) is 18.6 Å². The Bertz CT molecular complexity index is 755. The predicted octanol–water partition coefficient (Wildman–Crippen LogP) is 2.50. The van der Waals surface area contributed by atoms with Crippen molar-refractivity contribution in [3.8, 4) is 11.3 Å². The van der Waals surface area contributed by atoms with Crippen LogP contribution in [0.5, 0.6) is 0 Å². The van der Waals surface area contributed by atoms with Crippen molar-refractivity contribution >= 4 is 29.4 Å². The van der Waals surface area contributed by atoms with E-state index in [1.54, 1.807) is 31.3 Å². The van der Waals surface area contributed by atoms with Crippen molar-refractivity contribution in [2.24, 2.45) is 10.7 Å². The average Bonchev–Trinajstić information content (AvgIpc) is 2.52. The minimum atomic E-state index is -1.19. The summed E-state index contributed by atoms with van der Waals surface area (Å²) in [5.74, 6) is -1.19. The van der Waals surface area contributed by atoms with Gasteiger partial charge < -0.3 is 10.8 Å². The Labute approximate surface area is 132 Å². The number of carbonyl (C=O) groups is 1. The number of rotatable bonds is 4. The number of aliphatic imine (C=N–C) groups is 1. The molecule has 7 heteroatoms. The summed E-state index contributed by atoms with van der Waals surface area (Å²) in [4.78, 5) is 23.5. The van der Waals surface area contributed by atoms with Crippen molar-refractivity contribution in [3.63, 3.8) is 0 Å². The van der Waals surface area contributed by atoms with E-state index in [0.29, 0.717) is 16.3 Å². The largest absolute Gasteiger partial charge is 0.476 e. The molecule has 0 fully saturated rings. The van der Waals surface area contributed by atoms with Gasteiger partial charge in [0.25, 0.3) is 0 Å². The standard InChI is InChI=1S/C15H13ClN4O2/c1-18-7-10(6-17)13-14(15(21)22)19-8-12(20-13)9-2-4-11(16)5-3-9/h2-8H,17H2,1H3,(H,21,22). The maximum absolute atomic E-state index is 11.3. The molecule has 0 amide bonds. The highest BCUT2D eigenvalue weighted by atomic mass is 35.5. The molecule has 1 heterocycles. The van der Waals surface area contributed by atoms with E-state index < -0.39 is 5.97 Å². The second-order valence-corrected chi connectivity index (χ2v) is 4.71. The minimum Gasteiger partial charge on any atom is -0.476 e.